The Morgan fingerprint density at radius 1 is 1.12 bits per heavy atom. The lowest BCUT2D eigenvalue weighted by atomic mass is 10.1. The van der Waals surface area contributed by atoms with Crippen LogP contribution >= 0.6 is 0 Å². The molecular formula is C19H26N2O3. The SMILES string of the molecule is OCCC#Cc1ccc(CN2C[C@H](O)[C@@H](N3CCOCC3)C2)cc1. The zero-order chi connectivity index (χ0) is 16.8. The summed E-state index contributed by atoms with van der Waals surface area (Å²) in [6.45, 7) is 5.94. The summed E-state index contributed by atoms with van der Waals surface area (Å²) in [6, 6.07) is 8.45. The highest BCUT2D eigenvalue weighted by molar-refractivity contribution is 5.36. The second-order valence-electron chi connectivity index (χ2n) is 6.45. The molecule has 1 aromatic carbocycles. The number of rotatable bonds is 4. The lowest BCUT2D eigenvalue weighted by molar-refractivity contribution is -0.00618. The van der Waals surface area contributed by atoms with Crippen molar-refractivity contribution in [2.24, 2.45) is 0 Å². The van der Waals surface area contributed by atoms with Crippen LogP contribution in [0.1, 0.15) is 17.5 Å². The second-order valence-corrected chi connectivity index (χ2v) is 6.45. The smallest absolute Gasteiger partial charge is 0.0834 e. The number of hydrogen-bond acceptors (Lipinski definition) is 5. The van der Waals surface area contributed by atoms with Crippen LogP contribution in [0.4, 0.5) is 0 Å². The summed E-state index contributed by atoms with van der Waals surface area (Å²) in [6.07, 6.45) is 0.225. The number of hydrogen-bond donors (Lipinski definition) is 2. The van der Waals surface area contributed by atoms with Crippen molar-refractivity contribution in [1.29, 1.82) is 0 Å². The van der Waals surface area contributed by atoms with Gasteiger partial charge in [-0.1, -0.05) is 24.0 Å². The van der Waals surface area contributed by atoms with Crippen LogP contribution in [0.2, 0.25) is 0 Å². The van der Waals surface area contributed by atoms with E-state index in [1.165, 1.54) is 5.56 Å². The number of benzene rings is 1. The predicted octanol–water partition coefficient (Wildman–Crippen LogP) is 0.298. The first-order chi connectivity index (χ1) is 11.8. The maximum atomic E-state index is 10.4. The molecule has 0 amide bonds. The quantitative estimate of drug-likeness (QED) is 0.778. The number of aliphatic hydroxyl groups is 2. The molecule has 0 saturated carbocycles. The van der Waals surface area contributed by atoms with Gasteiger partial charge in [0.15, 0.2) is 0 Å². The van der Waals surface area contributed by atoms with Gasteiger partial charge >= 0.3 is 0 Å². The number of morpholine rings is 1. The first kappa shape index (κ1) is 17.4. The number of nitrogens with zero attached hydrogens (tertiary/aromatic N) is 2. The van der Waals surface area contributed by atoms with Crippen LogP contribution in [0.5, 0.6) is 0 Å². The van der Waals surface area contributed by atoms with Crippen LogP contribution < -0.4 is 0 Å². The van der Waals surface area contributed by atoms with Gasteiger partial charge < -0.3 is 14.9 Å². The predicted molar refractivity (Wildman–Crippen MR) is 92.5 cm³/mol. The lowest BCUT2D eigenvalue weighted by Crippen LogP contribution is -2.48. The lowest BCUT2D eigenvalue weighted by Gasteiger charge is -2.33. The minimum absolute atomic E-state index is 0.104. The molecule has 0 aromatic heterocycles. The minimum Gasteiger partial charge on any atom is -0.395 e. The number of ether oxygens (including phenoxy) is 1. The summed E-state index contributed by atoms with van der Waals surface area (Å²) in [4.78, 5) is 4.67. The van der Waals surface area contributed by atoms with Crippen molar-refractivity contribution in [2.75, 3.05) is 46.0 Å². The largest absolute Gasteiger partial charge is 0.395 e. The Balaban J connectivity index is 1.54. The van der Waals surface area contributed by atoms with E-state index in [0.29, 0.717) is 6.42 Å². The van der Waals surface area contributed by atoms with E-state index in [4.69, 9.17) is 9.84 Å². The fourth-order valence-corrected chi connectivity index (χ4v) is 3.42. The molecule has 5 heteroatoms. The van der Waals surface area contributed by atoms with E-state index in [1.807, 2.05) is 12.1 Å². The summed E-state index contributed by atoms with van der Waals surface area (Å²) >= 11 is 0. The molecule has 2 atom stereocenters. The summed E-state index contributed by atoms with van der Waals surface area (Å²) < 4.78 is 5.40. The zero-order valence-corrected chi connectivity index (χ0v) is 14.0. The molecule has 0 radical (unpaired) electrons. The van der Waals surface area contributed by atoms with Gasteiger partial charge in [-0.05, 0) is 17.7 Å². The first-order valence-electron chi connectivity index (χ1n) is 8.67. The van der Waals surface area contributed by atoms with E-state index < -0.39 is 0 Å². The molecule has 24 heavy (non-hydrogen) atoms. The average Bonchev–Trinajstić information content (AvgIpc) is 2.98. The van der Waals surface area contributed by atoms with Crippen molar-refractivity contribution in [2.45, 2.75) is 25.1 Å². The van der Waals surface area contributed by atoms with Crippen LogP contribution in [-0.2, 0) is 11.3 Å². The molecular weight excluding hydrogens is 304 g/mol. The molecule has 2 heterocycles. The second kappa shape index (κ2) is 8.61. The van der Waals surface area contributed by atoms with Gasteiger partial charge in [-0.3, -0.25) is 9.80 Å². The molecule has 3 rings (SSSR count). The maximum Gasteiger partial charge on any atom is 0.0834 e. The van der Waals surface area contributed by atoms with E-state index in [-0.39, 0.29) is 18.8 Å². The molecule has 0 aliphatic carbocycles. The van der Waals surface area contributed by atoms with Crippen molar-refractivity contribution >= 4 is 0 Å². The molecule has 0 bridgehead atoms. The molecule has 2 fully saturated rings. The Labute approximate surface area is 143 Å². The molecule has 0 spiro atoms. The van der Waals surface area contributed by atoms with Gasteiger partial charge in [0.1, 0.15) is 0 Å². The zero-order valence-electron chi connectivity index (χ0n) is 14.0. The molecule has 0 unspecified atom stereocenters. The van der Waals surface area contributed by atoms with E-state index in [2.05, 4.69) is 33.8 Å². The first-order valence-corrected chi connectivity index (χ1v) is 8.67. The normalized spacial score (nSPS) is 25.4. The van der Waals surface area contributed by atoms with Crippen LogP contribution in [0.3, 0.4) is 0 Å². The highest BCUT2D eigenvalue weighted by Gasteiger charge is 2.35. The Bertz CT molecular complexity index is 573. The molecule has 2 aliphatic rings. The molecule has 2 aliphatic heterocycles. The third-order valence-corrected chi connectivity index (χ3v) is 4.68. The van der Waals surface area contributed by atoms with Gasteiger partial charge in [-0.2, -0.15) is 0 Å². The highest BCUT2D eigenvalue weighted by Crippen LogP contribution is 2.20. The Hall–Kier alpha value is -1.42. The summed E-state index contributed by atoms with van der Waals surface area (Å²) in [7, 11) is 0. The summed E-state index contributed by atoms with van der Waals surface area (Å²) in [5.41, 5.74) is 2.21. The van der Waals surface area contributed by atoms with Gasteiger partial charge in [-0.25, -0.2) is 0 Å². The van der Waals surface area contributed by atoms with Crippen LogP contribution in [-0.4, -0.2) is 78.2 Å². The molecule has 130 valence electrons. The van der Waals surface area contributed by atoms with Crippen molar-refractivity contribution < 1.29 is 14.9 Å². The topological polar surface area (TPSA) is 56.2 Å². The summed E-state index contributed by atoms with van der Waals surface area (Å²) in [5.74, 6) is 5.97. The Kier molecular flexibility index (Phi) is 6.24. The standard InChI is InChI=1S/C19H26N2O3/c22-10-2-1-3-16-4-6-17(7-5-16)13-20-14-18(19(23)15-20)21-8-11-24-12-9-21/h4-7,18-19,22-23H,2,8-15H2/t18-,19-/m0/s1. The van der Waals surface area contributed by atoms with Gasteiger partial charge in [0.2, 0.25) is 0 Å². The van der Waals surface area contributed by atoms with E-state index in [0.717, 1.165) is 51.5 Å². The van der Waals surface area contributed by atoms with Gasteiger partial charge in [-0.15, -0.1) is 0 Å². The van der Waals surface area contributed by atoms with Gasteiger partial charge in [0, 0.05) is 50.7 Å². The van der Waals surface area contributed by atoms with Gasteiger partial charge in [0.05, 0.1) is 25.9 Å². The Morgan fingerprint density at radius 2 is 1.88 bits per heavy atom. The third-order valence-electron chi connectivity index (χ3n) is 4.68. The number of aliphatic hydroxyl groups excluding tert-OH is 2. The van der Waals surface area contributed by atoms with E-state index in [9.17, 15) is 5.11 Å². The highest BCUT2D eigenvalue weighted by atomic mass is 16.5. The third kappa shape index (κ3) is 4.56. The number of likely N-dealkylation sites (tertiary alicyclic amines) is 1. The maximum absolute atomic E-state index is 10.4. The average molecular weight is 330 g/mol. The van der Waals surface area contributed by atoms with E-state index >= 15 is 0 Å². The molecule has 1 aromatic rings. The van der Waals surface area contributed by atoms with Crippen molar-refractivity contribution in [3.8, 4) is 11.8 Å². The monoisotopic (exact) mass is 330 g/mol. The van der Waals surface area contributed by atoms with Crippen molar-refractivity contribution in [1.82, 2.24) is 9.80 Å². The summed E-state index contributed by atoms with van der Waals surface area (Å²) in [5, 5.41) is 19.1. The number of β-amino-alcohol motifs (C(OH)–C–C–N with tert-alkyl or cyclic N) is 1. The van der Waals surface area contributed by atoms with Gasteiger partial charge in [0.25, 0.3) is 0 Å². The van der Waals surface area contributed by atoms with Crippen LogP contribution in [0.25, 0.3) is 0 Å². The van der Waals surface area contributed by atoms with Crippen molar-refractivity contribution in [3.05, 3.63) is 35.4 Å². The van der Waals surface area contributed by atoms with Crippen LogP contribution in [0, 0.1) is 11.8 Å². The molecule has 5 nitrogen and oxygen atoms in total. The van der Waals surface area contributed by atoms with Crippen molar-refractivity contribution in [3.63, 3.8) is 0 Å². The fraction of sp³-hybridized carbons (Fsp3) is 0.579. The molecule has 2 N–H and O–H groups in total. The molecule has 2 saturated heterocycles. The van der Waals surface area contributed by atoms with E-state index in [1.54, 1.807) is 0 Å². The Morgan fingerprint density at radius 3 is 2.58 bits per heavy atom. The van der Waals surface area contributed by atoms with Crippen LogP contribution in [0.15, 0.2) is 24.3 Å². The fourth-order valence-electron chi connectivity index (χ4n) is 3.42. The minimum atomic E-state index is -0.285.